The number of hydrogen-bond donors (Lipinski definition) is 1. The summed E-state index contributed by atoms with van der Waals surface area (Å²) in [5, 5.41) is 2.90. The molecule has 0 atom stereocenters. The van der Waals surface area contributed by atoms with Crippen molar-refractivity contribution in [2.75, 3.05) is 5.73 Å². The maximum Gasteiger partial charge on any atom is 0.201 e. The summed E-state index contributed by atoms with van der Waals surface area (Å²) in [5.74, 6) is 0. The monoisotopic (exact) mass is 261 g/mol. The molecule has 2 N–H and O–H groups in total. The number of para-hydroxylation sites is 1. The summed E-state index contributed by atoms with van der Waals surface area (Å²) >= 11 is 0. The number of nitrogen functional groups attached to an aromatic ring is 1. The number of rotatable bonds is 0. The summed E-state index contributed by atoms with van der Waals surface area (Å²) < 4.78 is 5.83. The highest BCUT2D eigenvalue weighted by atomic mass is 16.3. The SMILES string of the molecule is Nc1cccc2c1ccc1oc3ccccc3c(=O)c12. The number of fused-ring (bicyclic) bond motifs is 4. The number of benzene rings is 3. The zero-order valence-electron chi connectivity index (χ0n) is 10.6. The van der Waals surface area contributed by atoms with Gasteiger partial charge in [-0.25, -0.2) is 0 Å². The molecule has 3 nitrogen and oxygen atoms in total. The molecular formula is C17H11NO2. The van der Waals surface area contributed by atoms with Crippen LogP contribution in [0.3, 0.4) is 0 Å². The molecule has 4 rings (SSSR count). The lowest BCUT2D eigenvalue weighted by molar-refractivity contribution is 0.660. The molecule has 1 aromatic heterocycles. The van der Waals surface area contributed by atoms with Crippen molar-refractivity contribution in [3.8, 4) is 0 Å². The molecule has 20 heavy (non-hydrogen) atoms. The molecule has 1 heterocycles. The number of anilines is 1. The molecule has 0 radical (unpaired) electrons. The first-order valence-corrected chi connectivity index (χ1v) is 6.38. The highest BCUT2D eigenvalue weighted by Crippen LogP contribution is 2.28. The van der Waals surface area contributed by atoms with Crippen LogP contribution in [0.25, 0.3) is 32.7 Å². The van der Waals surface area contributed by atoms with Gasteiger partial charge in [-0.2, -0.15) is 0 Å². The lowest BCUT2D eigenvalue weighted by Crippen LogP contribution is -2.03. The highest BCUT2D eigenvalue weighted by Gasteiger charge is 2.11. The Morgan fingerprint density at radius 3 is 2.45 bits per heavy atom. The minimum Gasteiger partial charge on any atom is -0.456 e. The van der Waals surface area contributed by atoms with Gasteiger partial charge in [-0.15, -0.1) is 0 Å². The zero-order chi connectivity index (χ0) is 13.7. The highest BCUT2D eigenvalue weighted by molar-refractivity contribution is 6.11. The summed E-state index contributed by atoms with van der Waals surface area (Å²) in [6.45, 7) is 0. The molecule has 0 unspecified atom stereocenters. The van der Waals surface area contributed by atoms with Crippen LogP contribution in [-0.2, 0) is 0 Å². The smallest absolute Gasteiger partial charge is 0.201 e. The van der Waals surface area contributed by atoms with Crippen LogP contribution in [0.15, 0.2) is 63.8 Å². The van der Waals surface area contributed by atoms with E-state index in [1.54, 1.807) is 12.1 Å². The van der Waals surface area contributed by atoms with Gasteiger partial charge >= 0.3 is 0 Å². The summed E-state index contributed by atoms with van der Waals surface area (Å²) in [6, 6.07) is 16.6. The third-order valence-electron chi connectivity index (χ3n) is 3.64. The van der Waals surface area contributed by atoms with E-state index in [0.717, 1.165) is 10.8 Å². The molecular weight excluding hydrogens is 250 g/mol. The molecule has 4 aromatic rings. The van der Waals surface area contributed by atoms with Crippen molar-refractivity contribution in [3.63, 3.8) is 0 Å². The number of hydrogen-bond acceptors (Lipinski definition) is 3. The topological polar surface area (TPSA) is 56.2 Å². The second-order valence-corrected chi connectivity index (χ2v) is 4.81. The fraction of sp³-hybridized carbons (Fsp3) is 0. The van der Waals surface area contributed by atoms with E-state index in [4.69, 9.17) is 10.2 Å². The molecule has 96 valence electrons. The van der Waals surface area contributed by atoms with Crippen LogP contribution < -0.4 is 11.2 Å². The first-order chi connectivity index (χ1) is 9.75. The molecule has 3 aromatic carbocycles. The molecule has 0 aliphatic heterocycles. The van der Waals surface area contributed by atoms with Crippen molar-refractivity contribution in [2.24, 2.45) is 0 Å². The van der Waals surface area contributed by atoms with Gasteiger partial charge in [0.2, 0.25) is 5.43 Å². The molecule has 0 saturated carbocycles. The second-order valence-electron chi connectivity index (χ2n) is 4.81. The Bertz CT molecular complexity index is 1030. The van der Waals surface area contributed by atoms with Crippen LogP contribution >= 0.6 is 0 Å². The van der Waals surface area contributed by atoms with Gasteiger partial charge in [0, 0.05) is 11.1 Å². The third-order valence-corrected chi connectivity index (χ3v) is 3.64. The molecule has 0 saturated heterocycles. The maximum atomic E-state index is 12.7. The van der Waals surface area contributed by atoms with E-state index in [2.05, 4.69) is 0 Å². The Labute approximate surface area is 114 Å². The standard InChI is InChI=1S/C17H11NO2/c18-13-6-3-5-11-10(13)8-9-15-16(11)17(19)12-4-1-2-7-14(12)20-15/h1-9H,18H2. The minimum absolute atomic E-state index is 0.0157. The Hall–Kier alpha value is -2.81. The van der Waals surface area contributed by atoms with Gasteiger partial charge < -0.3 is 10.2 Å². The van der Waals surface area contributed by atoms with Gasteiger partial charge in [-0.05, 0) is 35.7 Å². The predicted molar refractivity (Wildman–Crippen MR) is 81.9 cm³/mol. The molecule has 0 fully saturated rings. The normalized spacial score (nSPS) is 11.4. The summed E-state index contributed by atoms with van der Waals surface area (Å²) in [7, 11) is 0. The van der Waals surface area contributed by atoms with Crippen molar-refractivity contribution >= 4 is 38.4 Å². The lowest BCUT2D eigenvalue weighted by atomic mass is 10.0. The number of nitrogens with two attached hydrogens (primary N) is 1. The van der Waals surface area contributed by atoms with Gasteiger partial charge in [0.05, 0.1) is 10.8 Å². The Balaban J connectivity index is 2.36. The van der Waals surface area contributed by atoms with Gasteiger partial charge in [0.25, 0.3) is 0 Å². The van der Waals surface area contributed by atoms with Crippen molar-refractivity contribution in [3.05, 3.63) is 64.8 Å². The molecule has 0 aliphatic carbocycles. The molecule has 0 spiro atoms. The van der Waals surface area contributed by atoms with Crippen molar-refractivity contribution in [1.29, 1.82) is 0 Å². The van der Waals surface area contributed by atoms with Gasteiger partial charge in [-0.1, -0.05) is 24.3 Å². The maximum absolute atomic E-state index is 12.7. The van der Waals surface area contributed by atoms with E-state index in [-0.39, 0.29) is 5.43 Å². The lowest BCUT2D eigenvalue weighted by Gasteiger charge is -2.06. The second kappa shape index (κ2) is 3.84. The van der Waals surface area contributed by atoms with Gasteiger partial charge in [-0.3, -0.25) is 4.79 Å². The molecule has 3 heteroatoms. The van der Waals surface area contributed by atoms with Crippen LogP contribution in [0, 0.1) is 0 Å². The molecule has 0 amide bonds. The van der Waals surface area contributed by atoms with Crippen LogP contribution in [0.2, 0.25) is 0 Å². The Morgan fingerprint density at radius 1 is 0.750 bits per heavy atom. The van der Waals surface area contributed by atoms with E-state index in [9.17, 15) is 4.79 Å². The van der Waals surface area contributed by atoms with E-state index < -0.39 is 0 Å². The van der Waals surface area contributed by atoms with Gasteiger partial charge in [0.15, 0.2) is 0 Å². The van der Waals surface area contributed by atoms with Crippen LogP contribution in [0.5, 0.6) is 0 Å². The zero-order valence-corrected chi connectivity index (χ0v) is 10.6. The van der Waals surface area contributed by atoms with Crippen molar-refractivity contribution in [1.82, 2.24) is 0 Å². The van der Waals surface area contributed by atoms with E-state index >= 15 is 0 Å². The quantitative estimate of drug-likeness (QED) is 0.298. The Morgan fingerprint density at radius 2 is 1.55 bits per heavy atom. The van der Waals surface area contributed by atoms with Crippen molar-refractivity contribution < 1.29 is 4.42 Å². The summed E-state index contributed by atoms with van der Waals surface area (Å²) in [6.07, 6.45) is 0. The first-order valence-electron chi connectivity index (χ1n) is 6.38. The summed E-state index contributed by atoms with van der Waals surface area (Å²) in [5.41, 5.74) is 7.82. The average Bonchev–Trinajstić information content (AvgIpc) is 2.47. The van der Waals surface area contributed by atoms with Crippen molar-refractivity contribution in [2.45, 2.75) is 0 Å². The summed E-state index contributed by atoms with van der Waals surface area (Å²) in [4.78, 5) is 12.7. The van der Waals surface area contributed by atoms with Crippen LogP contribution in [-0.4, -0.2) is 0 Å². The fourth-order valence-electron chi connectivity index (χ4n) is 2.68. The first kappa shape index (κ1) is 11.1. The van der Waals surface area contributed by atoms with E-state index in [1.807, 2.05) is 42.5 Å². The largest absolute Gasteiger partial charge is 0.456 e. The van der Waals surface area contributed by atoms with E-state index in [1.165, 1.54) is 0 Å². The van der Waals surface area contributed by atoms with Gasteiger partial charge in [0.1, 0.15) is 11.2 Å². The van der Waals surface area contributed by atoms with E-state index in [0.29, 0.717) is 27.6 Å². The molecule has 0 bridgehead atoms. The fourth-order valence-corrected chi connectivity index (χ4v) is 2.68. The third kappa shape index (κ3) is 1.37. The Kier molecular flexibility index (Phi) is 2.12. The van der Waals surface area contributed by atoms with Crippen LogP contribution in [0.4, 0.5) is 5.69 Å². The average molecular weight is 261 g/mol. The predicted octanol–water partition coefficient (Wildman–Crippen LogP) is 3.68. The minimum atomic E-state index is -0.0157. The van der Waals surface area contributed by atoms with Crippen LogP contribution in [0.1, 0.15) is 0 Å². The molecule has 0 aliphatic rings.